The second-order valence-corrected chi connectivity index (χ2v) is 7.56. The molecule has 6 nitrogen and oxygen atoms in total. The molecule has 2 saturated heterocycles. The highest BCUT2D eigenvalue weighted by molar-refractivity contribution is 7.90. The summed E-state index contributed by atoms with van der Waals surface area (Å²) in [6.07, 6.45) is 5.01. The maximum Gasteiger partial charge on any atom is 0.225 e. The number of anilines is 1. The zero-order valence-corrected chi connectivity index (χ0v) is 12.5. The second kappa shape index (κ2) is 5.29. The molecule has 20 heavy (non-hydrogen) atoms. The van der Waals surface area contributed by atoms with Crippen molar-refractivity contribution in [3.63, 3.8) is 0 Å². The van der Waals surface area contributed by atoms with Gasteiger partial charge in [0.25, 0.3) is 0 Å². The monoisotopic (exact) mass is 296 g/mol. The molecule has 2 atom stereocenters. The molecule has 110 valence electrons. The van der Waals surface area contributed by atoms with Crippen LogP contribution in [-0.4, -0.2) is 54.1 Å². The Balaban J connectivity index is 1.77. The van der Waals surface area contributed by atoms with Gasteiger partial charge in [-0.2, -0.15) is 0 Å². The van der Waals surface area contributed by atoms with E-state index in [9.17, 15) is 8.42 Å². The Kier molecular flexibility index (Phi) is 3.64. The average molecular weight is 296 g/mol. The van der Waals surface area contributed by atoms with Gasteiger partial charge in [0.1, 0.15) is 0 Å². The average Bonchev–Trinajstić information content (AvgIpc) is 2.62. The third-order valence-electron chi connectivity index (χ3n) is 4.35. The molecule has 2 aliphatic rings. The Hall–Kier alpha value is -1.21. The number of nitrogens with zero attached hydrogens (tertiary/aromatic N) is 4. The summed E-state index contributed by atoms with van der Waals surface area (Å²) in [5, 5.41) is -0.226. The molecule has 2 aliphatic heterocycles. The molecular formula is C13H20N4O2S. The minimum Gasteiger partial charge on any atom is -0.341 e. The fourth-order valence-electron chi connectivity index (χ4n) is 3.26. The van der Waals surface area contributed by atoms with E-state index < -0.39 is 10.0 Å². The van der Waals surface area contributed by atoms with Gasteiger partial charge in [-0.05, 0) is 24.8 Å². The molecule has 3 rings (SSSR count). The van der Waals surface area contributed by atoms with Crippen LogP contribution in [0.4, 0.5) is 5.95 Å². The third-order valence-corrected chi connectivity index (χ3v) is 6.86. The fourth-order valence-corrected chi connectivity index (χ4v) is 5.51. The van der Waals surface area contributed by atoms with Crippen LogP contribution in [0, 0.1) is 5.92 Å². The first-order chi connectivity index (χ1) is 9.63. The lowest BCUT2D eigenvalue weighted by molar-refractivity contribution is 0.398. The van der Waals surface area contributed by atoms with Crippen LogP contribution in [-0.2, 0) is 10.0 Å². The van der Waals surface area contributed by atoms with Crippen molar-refractivity contribution in [1.29, 1.82) is 0 Å². The Morgan fingerprint density at radius 3 is 2.65 bits per heavy atom. The summed E-state index contributed by atoms with van der Waals surface area (Å²) in [5.41, 5.74) is 0. The summed E-state index contributed by atoms with van der Waals surface area (Å²) in [4.78, 5) is 10.6. The van der Waals surface area contributed by atoms with Gasteiger partial charge >= 0.3 is 0 Å². The van der Waals surface area contributed by atoms with E-state index in [4.69, 9.17) is 0 Å². The van der Waals surface area contributed by atoms with E-state index in [-0.39, 0.29) is 11.2 Å². The quantitative estimate of drug-likeness (QED) is 0.805. The second-order valence-electron chi connectivity index (χ2n) is 5.41. The number of aromatic nitrogens is 2. The molecule has 7 heteroatoms. The molecule has 0 amide bonds. The summed E-state index contributed by atoms with van der Waals surface area (Å²) in [7, 11) is -3.10. The van der Waals surface area contributed by atoms with Gasteiger partial charge in [-0.1, -0.05) is 6.92 Å². The molecule has 0 unspecified atom stereocenters. The largest absolute Gasteiger partial charge is 0.341 e. The molecule has 0 aliphatic carbocycles. The van der Waals surface area contributed by atoms with Gasteiger partial charge in [-0.15, -0.1) is 0 Å². The molecule has 0 spiro atoms. The summed E-state index contributed by atoms with van der Waals surface area (Å²) in [5.74, 6) is 0.950. The van der Waals surface area contributed by atoms with Gasteiger partial charge in [0, 0.05) is 38.6 Å². The zero-order chi connectivity index (χ0) is 14.2. The molecule has 0 aromatic carbocycles. The van der Waals surface area contributed by atoms with Crippen molar-refractivity contribution in [2.45, 2.75) is 25.0 Å². The van der Waals surface area contributed by atoms with E-state index >= 15 is 0 Å². The van der Waals surface area contributed by atoms with Crippen LogP contribution >= 0.6 is 0 Å². The Bertz CT molecular complexity index is 563. The topological polar surface area (TPSA) is 66.4 Å². The molecule has 0 bridgehead atoms. The van der Waals surface area contributed by atoms with Crippen LogP contribution in [0.15, 0.2) is 18.5 Å². The number of fused-ring (bicyclic) bond motifs is 1. The Labute approximate surface area is 119 Å². The first-order valence-electron chi connectivity index (χ1n) is 7.14. The van der Waals surface area contributed by atoms with Crippen molar-refractivity contribution in [3.8, 4) is 0 Å². The van der Waals surface area contributed by atoms with Gasteiger partial charge in [-0.3, -0.25) is 0 Å². The van der Waals surface area contributed by atoms with E-state index in [1.54, 1.807) is 22.8 Å². The predicted octanol–water partition coefficient (Wildman–Crippen LogP) is 0.727. The van der Waals surface area contributed by atoms with Crippen LogP contribution in [0.3, 0.4) is 0 Å². The molecule has 2 fully saturated rings. The van der Waals surface area contributed by atoms with Gasteiger partial charge in [-0.25, -0.2) is 22.7 Å². The van der Waals surface area contributed by atoms with Crippen LogP contribution in [0.25, 0.3) is 0 Å². The number of hydrogen-bond donors (Lipinski definition) is 0. The predicted molar refractivity (Wildman–Crippen MR) is 76.9 cm³/mol. The lowest BCUT2D eigenvalue weighted by Crippen LogP contribution is -2.32. The van der Waals surface area contributed by atoms with Crippen molar-refractivity contribution < 1.29 is 8.42 Å². The summed E-state index contributed by atoms with van der Waals surface area (Å²) < 4.78 is 26.5. The summed E-state index contributed by atoms with van der Waals surface area (Å²) in [6.45, 7) is 4.71. The first kappa shape index (κ1) is 13.8. The molecule has 3 heterocycles. The van der Waals surface area contributed by atoms with Gasteiger partial charge in [0.05, 0.1) is 5.25 Å². The maximum atomic E-state index is 12.4. The number of rotatable bonds is 2. The fraction of sp³-hybridized carbons (Fsp3) is 0.692. The lowest BCUT2D eigenvalue weighted by atomic mass is 10.0. The van der Waals surface area contributed by atoms with E-state index in [2.05, 4.69) is 14.9 Å². The summed E-state index contributed by atoms with van der Waals surface area (Å²) >= 11 is 0. The van der Waals surface area contributed by atoms with Crippen molar-refractivity contribution in [3.05, 3.63) is 18.5 Å². The highest BCUT2D eigenvalue weighted by atomic mass is 32.2. The molecular weight excluding hydrogens is 276 g/mol. The van der Waals surface area contributed by atoms with Crippen molar-refractivity contribution >= 4 is 16.0 Å². The van der Waals surface area contributed by atoms with Crippen LogP contribution in [0.2, 0.25) is 0 Å². The molecule has 0 saturated carbocycles. The SMILES string of the molecule is CCN1C[C@H]2CCN(c3ncccn3)CC[C@H]2S1(=O)=O. The molecule has 1 aromatic heterocycles. The Morgan fingerprint density at radius 1 is 1.25 bits per heavy atom. The standard InChI is InChI=1S/C13H20N4O2S/c1-2-17-10-11-4-8-16(13-14-6-3-7-15-13)9-5-12(11)20(17,18)19/h3,6-7,11-12H,2,4-5,8-10H2,1H3/t11-,12-/m1/s1. The highest BCUT2D eigenvalue weighted by Gasteiger charge is 2.46. The van der Waals surface area contributed by atoms with Gasteiger partial charge in [0.15, 0.2) is 0 Å². The molecule has 0 N–H and O–H groups in total. The van der Waals surface area contributed by atoms with E-state index in [0.717, 1.165) is 13.0 Å². The normalized spacial score (nSPS) is 29.9. The smallest absolute Gasteiger partial charge is 0.225 e. The number of hydrogen-bond acceptors (Lipinski definition) is 5. The third kappa shape index (κ3) is 2.29. The van der Waals surface area contributed by atoms with E-state index in [1.165, 1.54) is 0 Å². The molecule has 0 radical (unpaired) electrons. The first-order valence-corrected chi connectivity index (χ1v) is 8.64. The lowest BCUT2D eigenvalue weighted by Gasteiger charge is -2.21. The van der Waals surface area contributed by atoms with E-state index in [1.807, 2.05) is 6.92 Å². The van der Waals surface area contributed by atoms with Crippen molar-refractivity contribution in [2.75, 3.05) is 31.1 Å². The Morgan fingerprint density at radius 2 is 1.95 bits per heavy atom. The summed E-state index contributed by atoms with van der Waals surface area (Å²) in [6, 6.07) is 1.79. The van der Waals surface area contributed by atoms with E-state index in [0.29, 0.717) is 32.0 Å². The van der Waals surface area contributed by atoms with Crippen molar-refractivity contribution in [2.24, 2.45) is 5.92 Å². The van der Waals surface area contributed by atoms with Crippen molar-refractivity contribution in [1.82, 2.24) is 14.3 Å². The zero-order valence-electron chi connectivity index (χ0n) is 11.6. The molecule has 1 aromatic rings. The number of sulfonamides is 1. The van der Waals surface area contributed by atoms with Crippen LogP contribution in [0.5, 0.6) is 0 Å². The minimum atomic E-state index is -3.10. The van der Waals surface area contributed by atoms with Crippen LogP contribution < -0.4 is 4.90 Å². The highest BCUT2D eigenvalue weighted by Crippen LogP contribution is 2.34. The van der Waals surface area contributed by atoms with Crippen LogP contribution in [0.1, 0.15) is 19.8 Å². The maximum absolute atomic E-state index is 12.4. The van der Waals surface area contributed by atoms with Gasteiger partial charge < -0.3 is 4.90 Å². The van der Waals surface area contributed by atoms with Gasteiger partial charge in [0.2, 0.25) is 16.0 Å². The minimum absolute atomic E-state index is 0.226.